The minimum Gasteiger partial charge on any atom is -0.461 e. The second-order valence-electron chi connectivity index (χ2n) is 3.08. The van der Waals surface area contributed by atoms with Crippen molar-refractivity contribution < 1.29 is 9.53 Å². The van der Waals surface area contributed by atoms with E-state index in [0.717, 1.165) is 5.69 Å². The number of carbonyl (C=O) groups excluding carboxylic acids is 1. The first-order valence-corrected chi connectivity index (χ1v) is 4.94. The molecule has 2 heterocycles. The molecule has 0 bridgehead atoms. The maximum atomic E-state index is 11.4. The normalized spacial score (nSPS) is 10.1. The third-order valence-corrected chi connectivity index (χ3v) is 1.98. The lowest BCUT2D eigenvalue weighted by Gasteiger charge is -1.99. The Morgan fingerprint density at radius 2 is 2.38 bits per heavy atom. The Bertz CT molecular complexity index is 479. The number of esters is 1. The van der Waals surface area contributed by atoms with Crippen LogP contribution < -0.4 is 0 Å². The fourth-order valence-corrected chi connectivity index (χ4v) is 1.27. The second kappa shape index (κ2) is 4.57. The van der Waals surface area contributed by atoms with E-state index in [2.05, 4.69) is 10.1 Å². The lowest BCUT2D eigenvalue weighted by Crippen LogP contribution is -2.06. The van der Waals surface area contributed by atoms with Crippen LogP contribution in [0.4, 0.5) is 0 Å². The van der Waals surface area contributed by atoms with Gasteiger partial charge in [-0.25, -0.2) is 9.48 Å². The van der Waals surface area contributed by atoms with Crippen LogP contribution in [0, 0.1) is 0 Å². The average molecular weight is 217 g/mol. The molecule has 0 saturated carbocycles. The van der Waals surface area contributed by atoms with Gasteiger partial charge < -0.3 is 4.74 Å². The van der Waals surface area contributed by atoms with E-state index in [-0.39, 0.29) is 0 Å². The van der Waals surface area contributed by atoms with Gasteiger partial charge in [0.25, 0.3) is 0 Å². The summed E-state index contributed by atoms with van der Waals surface area (Å²) >= 11 is 0. The zero-order chi connectivity index (χ0) is 11.4. The zero-order valence-electron chi connectivity index (χ0n) is 8.83. The number of ether oxygens (including phenoxy) is 1. The first-order chi connectivity index (χ1) is 7.81. The van der Waals surface area contributed by atoms with Crippen molar-refractivity contribution in [1.29, 1.82) is 0 Å². The Balaban J connectivity index is 2.23. The number of hydrogen-bond donors (Lipinski definition) is 0. The Morgan fingerprint density at radius 3 is 3.06 bits per heavy atom. The molecule has 0 unspecified atom stereocenters. The lowest BCUT2D eigenvalue weighted by atomic mass is 10.4. The molecular formula is C11H11N3O2. The highest BCUT2D eigenvalue weighted by atomic mass is 16.5. The summed E-state index contributed by atoms with van der Waals surface area (Å²) in [4.78, 5) is 15.4. The van der Waals surface area contributed by atoms with Crippen LogP contribution in [0.25, 0.3) is 5.69 Å². The molecule has 0 aliphatic rings. The van der Waals surface area contributed by atoms with E-state index in [4.69, 9.17) is 4.74 Å². The zero-order valence-corrected chi connectivity index (χ0v) is 8.83. The molecule has 0 saturated heterocycles. The van der Waals surface area contributed by atoms with Gasteiger partial charge in [-0.05, 0) is 25.1 Å². The van der Waals surface area contributed by atoms with Crippen molar-refractivity contribution in [2.24, 2.45) is 0 Å². The molecule has 2 aromatic rings. The van der Waals surface area contributed by atoms with E-state index in [1.54, 1.807) is 42.3 Å². The highest BCUT2D eigenvalue weighted by Crippen LogP contribution is 2.06. The summed E-state index contributed by atoms with van der Waals surface area (Å²) in [6.45, 7) is 2.11. The summed E-state index contributed by atoms with van der Waals surface area (Å²) in [5.74, 6) is -0.412. The summed E-state index contributed by atoms with van der Waals surface area (Å²) < 4.78 is 6.43. The lowest BCUT2D eigenvalue weighted by molar-refractivity contribution is 0.0519. The third kappa shape index (κ3) is 2.08. The Kier molecular flexibility index (Phi) is 2.95. The van der Waals surface area contributed by atoms with Gasteiger partial charge in [-0.2, -0.15) is 5.10 Å². The highest BCUT2D eigenvalue weighted by Gasteiger charge is 2.10. The molecule has 5 nitrogen and oxygen atoms in total. The van der Waals surface area contributed by atoms with Gasteiger partial charge in [0.05, 0.1) is 18.5 Å². The van der Waals surface area contributed by atoms with Crippen LogP contribution in [0.15, 0.2) is 36.8 Å². The smallest absolute Gasteiger partial charge is 0.358 e. The molecule has 0 amide bonds. The van der Waals surface area contributed by atoms with Gasteiger partial charge in [0, 0.05) is 12.4 Å². The van der Waals surface area contributed by atoms with E-state index in [1.165, 1.54) is 0 Å². The number of nitrogens with zero attached hydrogens (tertiary/aromatic N) is 3. The molecule has 0 aliphatic carbocycles. The summed E-state index contributed by atoms with van der Waals surface area (Å²) in [6, 6.07) is 5.28. The standard InChI is InChI=1S/C11H11N3O2/c1-2-16-11(15)10-5-7-14(13-10)9-4-3-6-12-8-9/h3-8H,2H2,1H3. The molecule has 0 spiro atoms. The van der Waals surface area contributed by atoms with Crippen LogP contribution in [0.5, 0.6) is 0 Å². The molecule has 16 heavy (non-hydrogen) atoms. The number of carbonyl (C=O) groups is 1. The molecule has 0 radical (unpaired) electrons. The fourth-order valence-electron chi connectivity index (χ4n) is 1.27. The van der Waals surface area contributed by atoms with E-state index in [1.807, 2.05) is 6.07 Å². The number of rotatable bonds is 3. The summed E-state index contributed by atoms with van der Waals surface area (Å²) in [6.07, 6.45) is 5.05. The van der Waals surface area contributed by atoms with Crippen molar-refractivity contribution in [1.82, 2.24) is 14.8 Å². The highest BCUT2D eigenvalue weighted by molar-refractivity contribution is 5.87. The van der Waals surface area contributed by atoms with Gasteiger partial charge >= 0.3 is 5.97 Å². The van der Waals surface area contributed by atoms with Gasteiger partial charge in [0.15, 0.2) is 5.69 Å². The minimum absolute atomic E-state index is 0.297. The van der Waals surface area contributed by atoms with Crippen LogP contribution in [0.1, 0.15) is 17.4 Å². The summed E-state index contributed by atoms with van der Waals surface area (Å²) in [5, 5.41) is 4.10. The molecule has 82 valence electrons. The first-order valence-electron chi connectivity index (χ1n) is 4.94. The number of aromatic nitrogens is 3. The maximum Gasteiger partial charge on any atom is 0.358 e. The molecule has 0 N–H and O–H groups in total. The van der Waals surface area contributed by atoms with Gasteiger partial charge in [-0.3, -0.25) is 4.98 Å². The van der Waals surface area contributed by atoms with Crippen LogP contribution in [0.2, 0.25) is 0 Å². The van der Waals surface area contributed by atoms with Gasteiger partial charge in [-0.1, -0.05) is 0 Å². The monoisotopic (exact) mass is 217 g/mol. The van der Waals surface area contributed by atoms with Crippen LogP contribution in [-0.4, -0.2) is 27.3 Å². The number of hydrogen-bond acceptors (Lipinski definition) is 4. The summed E-state index contributed by atoms with van der Waals surface area (Å²) in [7, 11) is 0. The van der Waals surface area contributed by atoms with Crippen molar-refractivity contribution in [2.45, 2.75) is 6.92 Å². The Labute approximate surface area is 92.7 Å². The second-order valence-corrected chi connectivity index (χ2v) is 3.08. The molecular weight excluding hydrogens is 206 g/mol. The average Bonchev–Trinajstić information content (AvgIpc) is 2.80. The van der Waals surface area contributed by atoms with Crippen molar-refractivity contribution in [3.63, 3.8) is 0 Å². The molecule has 2 rings (SSSR count). The first kappa shape index (κ1) is 10.4. The van der Waals surface area contributed by atoms with Crippen LogP contribution >= 0.6 is 0 Å². The van der Waals surface area contributed by atoms with Gasteiger partial charge in [-0.15, -0.1) is 0 Å². The fraction of sp³-hybridized carbons (Fsp3) is 0.182. The molecule has 0 aromatic carbocycles. The quantitative estimate of drug-likeness (QED) is 0.730. The van der Waals surface area contributed by atoms with Crippen LogP contribution in [0.3, 0.4) is 0 Å². The van der Waals surface area contributed by atoms with E-state index < -0.39 is 5.97 Å². The molecule has 0 fully saturated rings. The van der Waals surface area contributed by atoms with Gasteiger partial charge in [0.1, 0.15) is 0 Å². The predicted molar refractivity (Wildman–Crippen MR) is 57.3 cm³/mol. The minimum atomic E-state index is -0.412. The van der Waals surface area contributed by atoms with Crippen LogP contribution in [-0.2, 0) is 4.74 Å². The molecule has 0 atom stereocenters. The molecule has 0 aliphatic heterocycles. The SMILES string of the molecule is CCOC(=O)c1ccn(-c2cccnc2)n1. The van der Waals surface area contributed by atoms with Crippen molar-refractivity contribution in [3.05, 3.63) is 42.5 Å². The van der Waals surface area contributed by atoms with E-state index in [0.29, 0.717) is 12.3 Å². The third-order valence-electron chi connectivity index (χ3n) is 1.98. The molecule has 2 aromatic heterocycles. The van der Waals surface area contributed by atoms with Crippen molar-refractivity contribution in [3.8, 4) is 5.69 Å². The van der Waals surface area contributed by atoms with E-state index >= 15 is 0 Å². The van der Waals surface area contributed by atoms with E-state index in [9.17, 15) is 4.79 Å². The topological polar surface area (TPSA) is 57.0 Å². The largest absolute Gasteiger partial charge is 0.461 e. The summed E-state index contributed by atoms with van der Waals surface area (Å²) in [5.41, 5.74) is 1.10. The number of pyridine rings is 1. The van der Waals surface area contributed by atoms with Crippen molar-refractivity contribution >= 4 is 5.97 Å². The Hall–Kier alpha value is -2.17. The predicted octanol–water partition coefficient (Wildman–Crippen LogP) is 1.44. The maximum absolute atomic E-state index is 11.4. The Morgan fingerprint density at radius 1 is 1.50 bits per heavy atom. The van der Waals surface area contributed by atoms with Crippen molar-refractivity contribution in [2.75, 3.05) is 6.61 Å². The molecule has 5 heteroatoms. The van der Waals surface area contributed by atoms with Gasteiger partial charge in [0.2, 0.25) is 0 Å².